The number of rotatable bonds is 6. The van der Waals surface area contributed by atoms with Crippen molar-refractivity contribution in [1.29, 1.82) is 0 Å². The van der Waals surface area contributed by atoms with Crippen LogP contribution in [0.3, 0.4) is 0 Å². The lowest BCUT2D eigenvalue weighted by Gasteiger charge is -2.53. The van der Waals surface area contributed by atoms with Gasteiger partial charge < -0.3 is 15.1 Å². The molecule has 2 N–H and O–H groups in total. The molecule has 2 heterocycles. The zero-order chi connectivity index (χ0) is 23.7. The summed E-state index contributed by atoms with van der Waals surface area (Å²) < 4.78 is 33.9. The molecule has 0 saturated carbocycles. The maximum Gasteiger partial charge on any atom is 0.291 e. The van der Waals surface area contributed by atoms with E-state index in [0.29, 0.717) is 18.5 Å². The fraction of sp³-hybridized carbons (Fsp3) is 0.391. The SMILES string of the molecule is C=CC(=O)NC1CC(C)(C)N(S(=O)(=O)c2ccc(NC(=O)c3ccco3)cc2)C(C)(C)C1. The van der Waals surface area contributed by atoms with E-state index >= 15 is 0 Å². The topological polar surface area (TPSA) is 109 Å². The molecule has 0 bridgehead atoms. The third-order valence-electron chi connectivity index (χ3n) is 5.52. The van der Waals surface area contributed by atoms with E-state index in [4.69, 9.17) is 4.42 Å². The molecule has 1 saturated heterocycles. The molecule has 2 aromatic rings. The third-order valence-corrected chi connectivity index (χ3v) is 7.86. The summed E-state index contributed by atoms with van der Waals surface area (Å²) in [5.74, 6) is -0.529. The first-order valence-corrected chi connectivity index (χ1v) is 11.7. The van der Waals surface area contributed by atoms with Crippen LogP contribution < -0.4 is 10.6 Å². The van der Waals surface area contributed by atoms with Crippen LogP contribution in [-0.2, 0) is 14.8 Å². The number of sulfonamides is 1. The van der Waals surface area contributed by atoms with E-state index < -0.39 is 27.0 Å². The van der Waals surface area contributed by atoms with Crippen molar-refractivity contribution in [3.63, 3.8) is 0 Å². The van der Waals surface area contributed by atoms with Gasteiger partial charge in [-0.1, -0.05) is 6.58 Å². The van der Waals surface area contributed by atoms with E-state index in [1.165, 1.54) is 28.8 Å². The molecule has 32 heavy (non-hydrogen) atoms. The van der Waals surface area contributed by atoms with Crippen molar-refractivity contribution in [1.82, 2.24) is 9.62 Å². The smallest absolute Gasteiger partial charge is 0.291 e. The lowest BCUT2D eigenvalue weighted by molar-refractivity contribution is -0.118. The summed E-state index contributed by atoms with van der Waals surface area (Å²) in [4.78, 5) is 24.1. The monoisotopic (exact) mass is 459 g/mol. The van der Waals surface area contributed by atoms with Gasteiger partial charge in [0.15, 0.2) is 5.76 Å². The molecule has 0 spiro atoms. The minimum absolute atomic E-state index is 0.128. The highest BCUT2D eigenvalue weighted by Gasteiger charge is 2.51. The van der Waals surface area contributed by atoms with Crippen LogP contribution in [0.15, 0.2) is 64.6 Å². The van der Waals surface area contributed by atoms with Gasteiger partial charge in [0.2, 0.25) is 15.9 Å². The van der Waals surface area contributed by atoms with Crippen molar-refractivity contribution < 1.29 is 22.4 Å². The molecule has 8 nitrogen and oxygen atoms in total. The largest absolute Gasteiger partial charge is 0.459 e. The number of anilines is 1. The van der Waals surface area contributed by atoms with Crippen LogP contribution in [-0.4, -0.2) is 41.7 Å². The molecule has 172 valence electrons. The van der Waals surface area contributed by atoms with Gasteiger partial charge in [0.05, 0.1) is 11.2 Å². The minimum atomic E-state index is -3.85. The first kappa shape index (κ1) is 23.7. The summed E-state index contributed by atoms with van der Waals surface area (Å²) >= 11 is 0. The van der Waals surface area contributed by atoms with Gasteiger partial charge in [-0.15, -0.1) is 0 Å². The molecule has 1 aromatic carbocycles. The number of piperidine rings is 1. The third kappa shape index (κ3) is 4.78. The second kappa shape index (κ2) is 8.55. The predicted molar refractivity (Wildman–Crippen MR) is 122 cm³/mol. The highest BCUT2D eigenvalue weighted by atomic mass is 32.2. The molecule has 1 aliphatic rings. The summed E-state index contributed by atoms with van der Waals surface area (Å²) in [6.45, 7) is 10.9. The van der Waals surface area contributed by atoms with Crippen molar-refractivity contribution in [2.45, 2.75) is 62.6 Å². The molecule has 2 amide bonds. The van der Waals surface area contributed by atoms with Crippen molar-refractivity contribution in [3.05, 3.63) is 61.1 Å². The number of hydrogen-bond acceptors (Lipinski definition) is 5. The summed E-state index contributed by atoms with van der Waals surface area (Å²) in [6.07, 6.45) is 3.55. The Morgan fingerprint density at radius 2 is 1.69 bits per heavy atom. The van der Waals surface area contributed by atoms with Crippen molar-refractivity contribution in [3.8, 4) is 0 Å². The quantitative estimate of drug-likeness (QED) is 0.642. The van der Waals surface area contributed by atoms with Crippen LogP contribution in [0, 0.1) is 0 Å². The highest BCUT2D eigenvalue weighted by molar-refractivity contribution is 7.89. The Morgan fingerprint density at radius 3 is 2.19 bits per heavy atom. The van der Waals surface area contributed by atoms with Gasteiger partial charge in [0, 0.05) is 22.8 Å². The molecular weight excluding hydrogens is 430 g/mol. The molecule has 0 radical (unpaired) electrons. The number of furan rings is 1. The van der Waals surface area contributed by atoms with Gasteiger partial charge in [-0.25, -0.2) is 8.42 Å². The standard InChI is InChI=1S/C23H29N3O5S/c1-6-20(27)24-17-14-22(2,3)26(23(4,5)15-17)32(29,30)18-11-9-16(10-12-18)25-21(28)19-8-7-13-31-19/h6-13,17H,1,14-15H2,2-5H3,(H,24,27)(H,25,28). The number of nitrogens with zero attached hydrogens (tertiary/aromatic N) is 1. The maximum atomic E-state index is 13.6. The molecule has 0 unspecified atom stereocenters. The van der Waals surface area contributed by atoms with E-state index in [1.807, 2.05) is 27.7 Å². The average molecular weight is 460 g/mol. The fourth-order valence-electron chi connectivity index (χ4n) is 4.69. The molecule has 1 aromatic heterocycles. The first-order valence-electron chi connectivity index (χ1n) is 10.3. The van der Waals surface area contributed by atoms with E-state index in [0.717, 1.165) is 0 Å². The van der Waals surface area contributed by atoms with Gasteiger partial charge in [-0.05, 0) is 83.0 Å². The Labute approximate surface area is 188 Å². The van der Waals surface area contributed by atoms with Gasteiger partial charge in [0.1, 0.15) is 0 Å². The van der Waals surface area contributed by atoms with Crippen LogP contribution in [0.1, 0.15) is 51.1 Å². The van der Waals surface area contributed by atoms with E-state index in [-0.39, 0.29) is 22.6 Å². The fourth-order valence-corrected chi connectivity index (χ4v) is 6.83. The molecule has 1 fully saturated rings. The lowest BCUT2D eigenvalue weighted by atomic mass is 9.79. The van der Waals surface area contributed by atoms with E-state index in [2.05, 4.69) is 17.2 Å². The average Bonchev–Trinajstić information content (AvgIpc) is 3.21. The molecule has 1 aliphatic heterocycles. The Hall–Kier alpha value is -2.91. The highest BCUT2D eigenvalue weighted by Crippen LogP contribution is 2.42. The number of nitrogens with one attached hydrogen (secondary N) is 2. The Balaban J connectivity index is 1.84. The summed E-state index contributed by atoms with van der Waals surface area (Å²) in [5.41, 5.74) is -1.03. The van der Waals surface area contributed by atoms with Crippen LogP contribution in [0.4, 0.5) is 5.69 Å². The normalized spacial score (nSPS) is 18.6. The number of hydrogen-bond donors (Lipinski definition) is 2. The second-order valence-corrected chi connectivity index (χ2v) is 11.0. The Morgan fingerprint density at radius 1 is 1.09 bits per heavy atom. The Bertz CT molecular complexity index is 1090. The van der Waals surface area contributed by atoms with Crippen molar-refractivity contribution in [2.24, 2.45) is 0 Å². The van der Waals surface area contributed by atoms with Gasteiger partial charge in [-0.3, -0.25) is 9.59 Å². The first-order chi connectivity index (χ1) is 14.9. The molecule has 3 rings (SSSR count). The summed E-state index contributed by atoms with van der Waals surface area (Å²) in [7, 11) is -3.85. The lowest BCUT2D eigenvalue weighted by Crippen LogP contribution is -2.65. The Kier molecular flexibility index (Phi) is 6.35. The molecular formula is C23H29N3O5S. The number of carbonyl (C=O) groups is 2. The molecule has 9 heteroatoms. The zero-order valence-electron chi connectivity index (χ0n) is 18.7. The number of benzene rings is 1. The summed E-state index contributed by atoms with van der Waals surface area (Å²) in [5, 5.41) is 5.58. The summed E-state index contributed by atoms with van der Waals surface area (Å²) in [6, 6.07) is 9.03. The van der Waals surface area contributed by atoms with Crippen LogP contribution in [0.25, 0.3) is 0 Å². The van der Waals surface area contributed by atoms with Crippen LogP contribution in [0.5, 0.6) is 0 Å². The van der Waals surface area contributed by atoms with Crippen LogP contribution in [0.2, 0.25) is 0 Å². The van der Waals surface area contributed by atoms with E-state index in [9.17, 15) is 18.0 Å². The minimum Gasteiger partial charge on any atom is -0.459 e. The number of carbonyl (C=O) groups excluding carboxylic acids is 2. The van der Waals surface area contributed by atoms with Gasteiger partial charge in [0.25, 0.3) is 5.91 Å². The number of amides is 2. The van der Waals surface area contributed by atoms with Gasteiger partial charge in [-0.2, -0.15) is 4.31 Å². The predicted octanol–water partition coefficient (Wildman–Crippen LogP) is 3.54. The molecule has 0 atom stereocenters. The molecule has 0 aliphatic carbocycles. The van der Waals surface area contributed by atoms with Gasteiger partial charge >= 0.3 is 0 Å². The zero-order valence-corrected chi connectivity index (χ0v) is 19.5. The van der Waals surface area contributed by atoms with Crippen molar-refractivity contribution >= 4 is 27.5 Å². The maximum absolute atomic E-state index is 13.6. The van der Waals surface area contributed by atoms with Crippen molar-refractivity contribution in [2.75, 3.05) is 5.32 Å². The van der Waals surface area contributed by atoms with Crippen LogP contribution >= 0.6 is 0 Å². The second-order valence-electron chi connectivity index (χ2n) is 9.17. The van der Waals surface area contributed by atoms with E-state index in [1.54, 1.807) is 24.3 Å².